The monoisotopic (exact) mass is 535 g/mol. The average molecular weight is 536 g/mol. The van der Waals surface area contributed by atoms with E-state index in [2.05, 4.69) is 50.0 Å². The lowest BCUT2D eigenvalue weighted by molar-refractivity contribution is -0.125. The second-order valence-corrected chi connectivity index (χ2v) is 11.1. The summed E-state index contributed by atoms with van der Waals surface area (Å²) in [6, 6.07) is 28.1. The Bertz CT molecular complexity index is 1690. The molecule has 0 bridgehead atoms. The molecular formula is C28H21N7OS2. The Hall–Kier alpha value is -4.25. The Balaban J connectivity index is 1.37. The van der Waals surface area contributed by atoms with Crippen LogP contribution in [0.15, 0.2) is 121 Å². The molecule has 0 saturated carbocycles. The number of benzene rings is 4. The molecule has 6 N–H and O–H groups in total. The number of carbonyl (C=O) groups is 1. The number of nitrogens with zero attached hydrogens (tertiary/aromatic N) is 2. The molecular weight excluding hydrogens is 514 g/mol. The molecule has 8 nitrogen and oxygen atoms in total. The molecule has 3 aliphatic heterocycles. The molecule has 38 heavy (non-hydrogen) atoms. The number of fused-ring (bicyclic) bond motifs is 4. The van der Waals surface area contributed by atoms with Crippen LogP contribution in [0.2, 0.25) is 0 Å². The summed E-state index contributed by atoms with van der Waals surface area (Å²) in [4.78, 5) is 17.9. The topological polar surface area (TPSA) is 116 Å². The van der Waals surface area contributed by atoms with Crippen molar-refractivity contribution in [1.29, 1.82) is 0 Å². The normalized spacial score (nSPS) is 18.3. The van der Waals surface area contributed by atoms with E-state index in [1.54, 1.807) is 29.6 Å². The van der Waals surface area contributed by atoms with Gasteiger partial charge in [-0.05, 0) is 42.5 Å². The van der Waals surface area contributed by atoms with Crippen molar-refractivity contribution in [2.45, 2.75) is 25.1 Å². The van der Waals surface area contributed by atoms with E-state index in [0.29, 0.717) is 11.3 Å². The Labute approximate surface area is 227 Å². The van der Waals surface area contributed by atoms with E-state index in [1.165, 1.54) is 0 Å². The molecule has 4 aromatic carbocycles. The maximum Gasteiger partial charge on any atom is 0.272 e. The van der Waals surface area contributed by atoms with Crippen molar-refractivity contribution < 1.29 is 4.79 Å². The van der Waals surface area contributed by atoms with E-state index < -0.39 is 11.4 Å². The fourth-order valence-corrected chi connectivity index (χ4v) is 6.94. The smallest absolute Gasteiger partial charge is 0.272 e. The molecule has 0 fully saturated rings. The summed E-state index contributed by atoms with van der Waals surface area (Å²) in [6.45, 7) is 0. The van der Waals surface area contributed by atoms with Gasteiger partial charge >= 0.3 is 0 Å². The number of carbonyl (C=O) groups excluding carboxylic acids is 1. The highest BCUT2D eigenvalue weighted by molar-refractivity contribution is 8.00. The van der Waals surface area contributed by atoms with E-state index in [0.717, 1.165) is 47.9 Å². The van der Waals surface area contributed by atoms with Crippen LogP contribution in [0.1, 0.15) is 11.1 Å². The summed E-state index contributed by atoms with van der Waals surface area (Å²) in [5, 5.41) is 15.8. The maximum absolute atomic E-state index is 13.5. The molecule has 1 unspecified atom stereocenters. The van der Waals surface area contributed by atoms with Gasteiger partial charge in [-0.3, -0.25) is 15.6 Å². The molecule has 7 rings (SSSR count). The standard InChI is InChI=1S/C28H21N7OS2/c29-32-27(36)28(17-8-6-14-24-26(17)31-19-10-2-4-12-22(19)38-24)15-20(33-35-34-28)16-7-5-13-23-25(16)30-18-9-1-3-11-21(18)37-23/h1-15,30-31H,29H2,(H,32,36)(H,33,34). The molecule has 10 heteroatoms. The van der Waals surface area contributed by atoms with Gasteiger partial charge in [-0.15, -0.1) is 5.11 Å². The molecule has 1 amide bonds. The first-order valence-corrected chi connectivity index (χ1v) is 13.6. The fourth-order valence-electron chi connectivity index (χ4n) is 4.90. The minimum Gasteiger partial charge on any atom is -0.353 e. The minimum atomic E-state index is -1.50. The highest BCUT2D eigenvalue weighted by Crippen LogP contribution is 2.50. The quantitative estimate of drug-likeness (QED) is 0.103. The van der Waals surface area contributed by atoms with E-state index >= 15 is 0 Å². The first kappa shape index (κ1) is 22.9. The van der Waals surface area contributed by atoms with Gasteiger partial charge in [0.15, 0.2) is 0 Å². The van der Waals surface area contributed by atoms with Crippen LogP contribution in [-0.4, -0.2) is 5.91 Å². The zero-order valence-corrected chi connectivity index (χ0v) is 21.5. The fraction of sp³-hybridized carbons (Fsp3) is 0.0357. The Kier molecular flexibility index (Phi) is 5.39. The second-order valence-electron chi connectivity index (χ2n) is 8.91. The first-order valence-electron chi connectivity index (χ1n) is 11.9. The van der Waals surface area contributed by atoms with Gasteiger partial charge in [0, 0.05) is 30.7 Å². The van der Waals surface area contributed by atoms with E-state index in [4.69, 9.17) is 5.84 Å². The zero-order chi connectivity index (χ0) is 25.7. The number of anilines is 4. The lowest BCUT2D eigenvalue weighted by Crippen LogP contribution is -2.47. The molecule has 0 radical (unpaired) electrons. The van der Waals surface area contributed by atoms with Crippen LogP contribution in [-0.2, 0) is 10.3 Å². The Morgan fingerprint density at radius 2 is 1.37 bits per heavy atom. The Morgan fingerprint density at radius 3 is 2.08 bits per heavy atom. The van der Waals surface area contributed by atoms with Crippen LogP contribution in [0.5, 0.6) is 0 Å². The molecule has 4 aromatic rings. The molecule has 0 saturated heterocycles. The van der Waals surface area contributed by atoms with E-state index in [9.17, 15) is 4.79 Å². The van der Waals surface area contributed by atoms with Gasteiger partial charge in [0.05, 0.1) is 28.4 Å². The number of nitrogens with one attached hydrogen (secondary N) is 4. The van der Waals surface area contributed by atoms with Crippen molar-refractivity contribution in [3.63, 3.8) is 0 Å². The molecule has 1 atom stereocenters. The number of para-hydroxylation sites is 4. The average Bonchev–Trinajstić information content (AvgIpc) is 2.97. The van der Waals surface area contributed by atoms with Gasteiger partial charge in [-0.25, -0.2) is 5.84 Å². The number of hydrogen-bond donors (Lipinski definition) is 5. The van der Waals surface area contributed by atoms with Crippen LogP contribution in [0.4, 0.5) is 22.7 Å². The second kappa shape index (κ2) is 8.95. The van der Waals surface area contributed by atoms with Gasteiger partial charge in [-0.2, -0.15) is 0 Å². The van der Waals surface area contributed by atoms with Gasteiger partial charge < -0.3 is 10.6 Å². The lowest BCUT2D eigenvalue weighted by atomic mass is 9.85. The van der Waals surface area contributed by atoms with Crippen LogP contribution < -0.4 is 27.3 Å². The third kappa shape index (κ3) is 3.57. The molecule has 3 aliphatic rings. The summed E-state index contributed by atoms with van der Waals surface area (Å²) in [5.74, 6) is 5.24. The number of hydrazine groups is 1. The lowest BCUT2D eigenvalue weighted by Gasteiger charge is -2.32. The first-order chi connectivity index (χ1) is 18.7. The maximum atomic E-state index is 13.5. The predicted molar refractivity (Wildman–Crippen MR) is 151 cm³/mol. The highest BCUT2D eigenvalue weighted by Gasteiger charge is 2.44. The van der Waals surface area contributed by atoms with Crippen molar-refractivity contribution in [2.24, 2.45) is 16.2 Å². The van der Waals surface area contributed by atoms with Gasteiger partial charge in [0.1, 0.15) is 0 Å². The van der Waals surface area contributed by atoms with Crippen molar-refractivity contribution in [3.8, 4) is 0 Å². The summed E-state index contributed by atoms with van der Waals surface area (Å²) in [6.07, 6.45) is 1.80. The van der Waals surface area contributed by atoms with Gasteiger partial charge in [-0.1, -0.05) is 77.3 Å². The molecule has 0 spiro atoms. The SMILES string of the molecule is NNC(=O)C1(c2cccc3c2Nc2ccccc2S3)C=C(c2cccc3c2Nc2ccccc2S3)NN=N1. The van der Waals surface area contributed by atoms with Gasteiger partial charge in [0.2, 0.25) is 5.54 Å². The molecule has 3 heterocycles. The van der Waals surface area contributed by atoms with Crippen molar-refractivity contribution in [2.75, 3.05) is 10.6 Å². The van der Waals surface area contributed by atoms with Crippen LogP contribution in [0, 0.1) is 0 Å². The highest BCUT2D eigenvalue weighted by atomic mass is 32.2. The molecule has 0 aromatic heterocycles. The van der Waals surface area contributed by atoms with Crippen LogP contribution >= 0.6 is 23.5 Å². The molecule has 0 aliphatic carbocycles. The summed E-state index contributed by atoms with van der Waals surface area (Å²) >= 11 is 3.34. The van der Waals surface area contributed by atoms with Crippen molar-refractivity contribution in [3.05, 3.63) is 102 Å². The predicted octanol–water partition coefficient (Wildman–Crippen LogP) is 6.30. The van der Waals surface area contributed by atoms with Crippen molar-refractivity contribution >= 4 is 57.9 Å². The zero-order valence-electron chi connectivity index (χ0n) is 19.9. The number of nitrogens with two attached hydrogens (primary N) is 1. The number of hydrogen-bond acceptors (Lipinski definition) is 9. The summed E-state index contributed by atoms with van der Waals surface area (Å²) in [5.41, 5.74) is 9.76. The summed E-state index contributed by atoms with van der Waals surface area (Å²) in [7, 11) is 0. The van der Waals surface area contributed by atoms with Gasteiger partial charge in [0.25, 0.3) is 5.91 Å². The Morgan fingerprint density at radius 1 is 0.763 bits per heavy atom. The third-order valence-electron chi connectivity index (χ3n) is 6.70. The molecule has 186 valence electrons. The van der Waals surface area contributed by atoms with Crippen LogP contribution in [0.3, 0.4) is 0 Å². The van der Waals surface area contributed by atoms with E-state index in [-0.39, 0.29) is 0 Å². The minimum absolute atomic E-state index is 0.489. The largest absolute Gasteiger partial charge is 0.353 e. The third-order valence-corrected chi connectivity index (χ3v) is 8.97. The number of amides is 1. The number of rotatable bonds is 3. The van der Waals surface area contributed by atoms with Crippen LogP contribution in [0.25, 0.3) is 5.70 Å². The summed E-state index contributed by atoms with van der Waals surface area (Å²) < 4.78 is 0. The van der Waals surface area contributed by atoms with E-state index in [1.807, 2.05) is 66.7 Å². The van der Waals surface area contributed by atoms with Crippen molar-refractivity contribution in [1.82, 2.24) is 10.9 Å².